The van der Waals surface area contributed by atoms with Crippen molar-refractivity contribution in [3.8, 4) is 22.3 Å². The Morgan fingerprint density at radius 2 is 1.05 bits per heavy atom. The highest BCUT2D eigenvalue weighted by Gasteiger charge is 2.26. The molecule has 0 radical (unpaired) electrons. The summed E-state index contributed by atoms with van der Waals surface area (Å²) in [4.78, 5) is 25.2. The minimum absolute atomic E-state index is 0.134. The number of anilines is 2. The molecular weight excluding hydrogens is 717 g/mol. The fourth-order valence-corrected chi connectivity index (χ4v) is 7.62. The molecule has 2 aromatic carbocycles. The highest BCUT2D eigenvalue weighted by molar-refractivity contribution is 7.92. The van der Waals surface area contributed by atoms with Gasteiger partial charge in [-0.05, 0) is 49.9 Å². The van der Waals surface area contributed by atoms with Crippen molar-refractivity contribution in [1.29, 1.82) is 0 Å². The van der Waals surface area contributed by atoms with Crippen LogP contribution in [0.15, 0.2) is 33.9 Å². The predicted octanol–water partition coefficient (Wildman–Crippen LogP) is 7.10. The number of nitrogen functional groups attached to an aromatic ring is 1. The normalized spacial score (nSPS) is 14.4. The van der Waals surface area contributed by atoms with E-state index in [4.69, 9.17) is 75.3 Å². The standard InChI is InChI=1S/C14H14Cl3N3O3S.C13H12Cl3N3O/c1-24(22,23)18-11-6-8(9(15)7-10(11)16)12-13(17)19-4-2-3-5-20(19)14(12)21;14-8-6-9(15)10(17)5-7(8)11-12(16)18-3-1-2-4-19(18)13(11)20/h6-7,18H,2-5H2,1H3;5-6H,1-4,17H2. The molecule has 2 aliphatic heterocycles. The summed E-state index contributed by atoms with van der Waals surface area (Å²) in [6, 6.07) is 5.95. The number of sulfonamides is 1. The SMILES string of the molecule is CS(=O)(=O)Nc1cc(-c2c(Cl)n3n(c2=O)CCCC3)c(Cl)cc1Cl.Nc1cc(-c2c(Cl)n3n(c2=O)CCCC3)c(Cl)cc1Cl. The summed E-state index contributed by atoms with van der Waals surface area (Å²) < 4.78 is 32.0. The Hall–Kier alpha value is -2.25. The molecule has 0 amide bonds. The number of halogens is 6. The van der Waals surface area contributed by atoms with Crippen molar-refractivity contribution in [2.24, 2.45) is 0 Å². The van der Waals surface area contributed by atoms with Crippen molar-refractivity contribution in [2.45, 2.75) is 51.9 Å². The van der Waals surface area contributed by atoms with Gasteiger partial charge in [0.2, 0.25) is 10.0 Å². The van der Waals surface area contributed by atoms with Crippen molar-refractivity contribution < 1.29 is 8.42 Å². The highest BCUT2D eigenvalue weighted by Crippen LogP contribution is 2.39. The largest absolute Gasteiger partial charge is 0.398 e. The van der Waals surface area contributed by atoms with Gasteiger partial charge in [-0.1, -0.05) is 69.6 Å². The maximum Gasteiger partial charge on any atom is 0.276 e. The highest BCUT2D eigenvalue weighted by atomic mass is 35.5. The number of rotatable bonds is 4. The van der Waals surface area contributed by atoms with E-state index in [1.165, 1.54) is 18.2 Å². The van der Waals surface area contributed by atoms with Gasteiger partial charge in [-0.3, -0.25) is 23.7 Å². The lowest BCUT2D eigenvalue weighted by molar-refractivity contribution is 0.356. The summed E-state index contributed by atoms with van der Waals surface area (Å²) in [6.07, 6.45) is 4.81. The minimum Gasteiger partial charge on any atom is -0.398 e. The molecule has 0 fully saturated rings. The van der Waals surface area contributed by atoms with E-state index in [1.807, 2.05) is 0 Å². The van der Waals surface area contributed by atoms with E-state index in [-0.39, 0.29) is 37.6 Å². The van der Waals surface area contributed by atoms with Crippen LogP contribution in [0.1, 0.15) is 25.7 Å². The first-order valence-electron chi connectivity index (χ1n) is 13.4. The molecule has 0 spiro atoms. The monoisotopic (exact) mass is 740 g/mol. The van der Waals surface area contributed by atoms with E-state index in [9.17, 15) is 18.0 Å². The average Bonchev–Trinajstić information content (AvgIpc) is 3.36. The van der Waals surface area contributed by atoms with Crippen molar-refractivity contribution in [3.63, 3.8) is 0 Å². The van der Waals surface area contributed by atoms with Crippen LogP contribution in [-0.2, 0) is 36.2 Å². The van der Waals surface area contributed by atoms with Crippen molar-refractivity contribution in [1.82, 2.24) is 18.7 Å². The van der Waals surface area contributed by atoms with Crippen LogP contribution in [0.25, 0.3) is 22.3 Å². The lowest BCUT2D eigenvalue weighted by atomic mass is 10.1. The minimum atomic E-state index is -3.53. The smallest absolute Gasteiger partial charge is 0.276 e. The Balaban J connectivity index is 0.000000177. The van der Waals surface area contributed by atoms with Gasteiger partial charge in [0, 0.05) is 37.3 Å². The first kappa shape index (κ1) is 33.1. The zero-order valence-electron chi connectivity index (χ0n) is 23.1. The number of aromatic nitrogens is 4. The molecule has 44 heavy (non-hydrogen) atoms. The van der Waals surface area contributed by atoms with Crippen LogP contribution in [0.3, 0.4) is 0 Å². The molecule has 2 aromatic heterocycles. The molecule has 236 valence electrons. The molecule has 0 unspecified atom stereocenters. The molecule has 0 atom stereocenters. The molecular formula is C27H26Cl6N6O4S. The van der Waals surface area contributed by atoms with Crippen LogP contribution < -0.4 is 21.6 Å². The first-order valence-corrected chi connectivity index (χ1v) is 17.6. The molecule has 0 aliphatic carbocycles. The molecule has 4 aromatic rings. The fourth-order valence-electron chi connectivity index (χ4n) is 5.28. The van der Waals surface area contributed by atoms with Crippen LogP contribution in [0, 0.1) is 0 Å². The molecule has 0 saturated carbocycles. The number of hydrogen-bond acceptors (Lipinski definition) is 5. The van der Waals surface area contributed by atoms with Gasteiger partial charge < -0.3 is 5.73 Å². The number of hydrogen-bond donors (Lipinski definition) is 2. The molecule has 17 heteroatoms. The van der Waals surface area contributed by atoms with E-state index in [2.05, 4.69) is 4.72 Å². The number of nitrogens with zero attached hydrogens (tertiary/aromatic N) is 4. The third-order valence-corrected chi connectivity index (χ3v) is 9.93. The summed E-state index contributed by atoms with van der Waals surface area (Å²) in [5, 5.41) is 1.77. The van der Waals surface area contributed by atoms with E-state index in [0.717, 1.165) is 38.5 Å². The number of nitrogens with one attached hydrogen (secondary N) is 1. The Kier molecular flexibility index (Phi) is 9.68. The van der Waals surface area contributed by atoms with Crippen LogP contribution in [0.2, 0.25) is 30.4 Å². The van der Waals surface area contributed by atoms with Crippen LogP contribution >= 0.6 is 69.6 Å². The van der Waals surface area contributed by atoms with Crippen LogP contribution in [0.5, 0.6) is 0 Å². The van der Waals surface area contributed by atoms with Gasteiger partial charge in [-0.15, -0.1) is 0 Å². The van der Waals surface area contributed by atoms with E-state index in [1.54, 1.807) is 24.8 Å². The predicted molar refractivity (Wildman–Crippen MR) is 180 cm³/mol. The van der Waals surface area contributed by atoms with Crippen LogP contribution in [-0.4, -0.2) is 33.4 Å². The summed E-state index contributed by atoms with van der Waals surface area (Å²) in [5.74, 6) is 0. The number of nitrogens with two attached hydrogens (primary N) is 1. The van der Waals surface area contributed by atoms with Crippen molar-refractivity contribution in [2.75, 3.05) is 16.7 Å². The Morgan fingerprint density at radius 3 is 1.48 bits per heavy atom. The lowest BCUT2D eigenvalue weighted by Crippen LogP contribution is -2.27. The molecule has 2 aliphatic rings. The molecule has 0 bridgehead atoms. The zero-order valence-corrected chi connectivity index (χ0v) is 28.5. The second-order valence-corrected chi connectivity index (χ2v) is 14.5. The summed E-state index contributed by atoms with van der Waals surface area (Å²) in [5.41, 5.74) is 7.42. The van der Waals surface area contributed by atoms with Gasteiger partial charge in [-0.2, -0.15) is 0 Å². The van der Waals surface area contributed by atoms with Crippen molar-refractivity contribution in [3.05, 3.63) is 75.4 Å². The quantitative estimate of drug-likeness (QED) is 0.216. The van der Waals surface area contributed by atoms with Crippen LogP contribution in [0.4, 0.5) is 11.4 Å². The van der Waals surface area contributed by atoms with E-state index >= 15 is 0 Å². The second-order valence-electron chi connectivity index (χ2n) is 10.4. The molecule has 6 rings (SSSR count). The number of fused-ring (bicyclic) bond motifs is 2. The number of benzene rings is 2. The summed E-state index contributed by atoms with van der Waals surface area (Å²) in [6.45, 7) is 2.62. The maximum atomic E-state index is 12.7. The lowest BCUT2D eigenvalue weighted by Gasteiger charge is -2.17. The molecule has 4 heterocycles. The maximum absolute atomic E-state index is 12.7. The van der Waals surface area contributed by atoms with Gasteiger partial charge in [0.1, 0.15) is 10.3 Å². The molecule has 0 saturated heterocycles. The third-order valence-electron chi connectivity index (χ3n) is 7.30. The van der Waals surface area contributed by atoms with Gasteiger partial charge in [0.15, 0.2) is 0 Å². The fraction of sp³-hybridized carbons (Fsp3) is 0.333. The van der Waals surface area contributed by atoms with E-state index < -0.39 is 10.0 Å². The van der Waals surface area contributed by atoms with Gasteiger partial charge >= 0.3 is 0 Å². The average molecular weight is 743 g/mol. The topological polar surface area (TPSA) is 126 Å². The first-order chi connectivity index (χ1) is 20.7. The third kappa shape index (κ3) is 6.38. The zero-order chi connectivity index (χ0) is 32.1. The van der Waals surface area contributed by atoms with Crippen molar-refractivity contribution >= 4 is 91.0 Å². The van der Waals surface area contributed by atoms with E-state index in [0.29, 0.717) is 57.2 Å². The Labute approximate surface area is 282 Å². The molecule has 3 N–H and O–H groups in total. The van der Waals surface area contributed by atoms with Gasteiger partial charge in [-0.25, -0.2) is 17.8 Å². The Bertz CT molecular complexity index is 2010. The van der Waals surface area contributed by atoms with Gasteiger partial charge in [0.05, 0.1) is 48.8 Å². The van der Waals surface area contributed by atoms with Gasteiger partial charge in [0.25, 0.3) is 11.1 Å². The molecule has 10 nitrogen and oxygen atoms in total. The summed E-state index contributed by atoms with van der Waals surface area (Å²) >= 11 is 37.1. The summed E-state index contributed by atoms with van der Waals surface area (Å²) in [7, 11) is -3.53. The second kappa shape index (κ2) is 12.9. The Morgan fingerprint density at radius 1 is 0.636 bits per heavy atom.